The highest BCUT2D eigenvalue weighted by Gasteiger charge is 2.06. The molecule has 1 aromatic rings. The summed E-state index contributed by atoms with van der Waals surface area (Å²) in [6.45, 7) is 4.21. The van der Waals surface area contributed by atoms with E-state index in [4.69, 9.17) is 12.2 Å². The average molecular weight is 173 g/mol. The van der Waals surface area contributed by atoms with Gasteiger partial charge in [0.25, 0.3) is 0 Å². The Morgan fingerprint density at radius 1 is 1.23 bits per heavy atom. The smallest absolute Gasteiger partial charge is 0.0350 e. The van der Waals surface area contributed by atoms with Gasteiger partial charge in [0.1, 0.15) is 0 Å². The predicted molar refractivity (Wildman–Crippen MR) is 57.5 cm³/mol. The molecule has 68 valence electrons. The Kier molecular flexibility index (Phi) is 2.97. The number of nitrogen functional groups attached to an aromatic ring is 1. The van der Waals surface area contributed by atoms with Crippen LogP contribution in [0.2, 0.25) is 0 Å². The molecule has 0 fully saturated rings. The van der Waals surface area contributed by atoms with Gasteiger partial charge in [-0.2, -0.15) is 0 Å². The van der Waals surface area contributed by atoms with Crippen LogP contribution in [0.3, 0.4) is 0 Å². The molecule has 0 heterocycles. The van der Waals surface area contributed by atoms with Gasteiger partial charge in [-0.25, -0.2) is 0 Å². The first kappa shape index (κ1) is 9.67. The Bertz CT molecular complexity index is 345. The molecule has 0 unspecified atom stereocenters. The van der Waals surface area contributed by atoms with Gasteiger partial charge in [0, 0.05) is 11.3 Å². The highest BCUT2D eigenvalue weighted by atomic mass is 14.6. The van der Waals surface area contributed by atoms with Crippen molar-refractivity contribution in [2.24, 2.45) is 0 Å². The van der Waals surface area contributed by atoms with E-state index in [0.29, 0.717) is 0 Å². The molecule has 0 saturated heterocycles. The third-order valence-corrected chi connectivity index (χ3v) is 2.33. The minimum Gasteiger partial charge on any atom is -0.398 e. The Hall–Kier alpha value is -1.42. The normalized spacial score (nSPS) is 9.62. The van der Waals surface area contributed by atoms with E-state index in [2.05, 4.69) is 19.8 Å². The number of hydrogen-bond acceptors (Lipinski definition) is 1. The molecular weight excluding hydrogens is 158 g/mol. The van der Waals surface area contributed by atoms with Crippen LogP contribution in [0, 0.1) is 12.3 Å². The van der Waals surface area contributed by atoms with E-state index in [0.717, 1.165) is 24.1 Å². The topological polar surface area (TPSA) is 26.0 Å². The fourth-order valence-electron chi connectivity index (χ4n) is 1.67. The van der Waals surface area contributed by atoms with E-state index in [-0.39, 0.29) is 0 Å². The van der Waals surface area contributed by atoms with Crippen LogP contribution in [0.1, 0.15) is 30.5 Å². The molecule has 2 N–H and O–H groups in total. The van der Waals surface area contributed by atoms with Gasteiger partial charge in [0.15, 0.2) is 0 Å². The molecule has 1 rings (SSSR count). The average Bonchev–Trinajstić information content (AvgIpc) is 2.17. The molecule has 0 bridgehead atoms. The predicted octanol–water partition coefficient (Wildman–Crippen LogP) is 2.37. The molecule has 0 atom stereocenters. The van der Waals surface area contributed by atoms with Gasteiger partial charge >= 0.3 is 0 Å². The van der Waals surface area contributed by atoms with Gasteiger partial charge in [0.05, 0.1) is 0 Å². The first-order chi connectivity index (χ1) is 6.24. The molecule has 0 amide bonds. The summed E-state index contributed by atoms with van der Waals surface area (Å²) < 4.78 is 0. The van der Waals surface area contributed by atoms with Crippen molar-refractivity contribution in [2.45, 2.75) is 26.7 Å². The number of nitrogens with two attached hydrogens (primary N) is 1. The van der Waals surface area contributed by atoms with Crippen molar-refractivity contribution in [3.05, 3.63) is 28.8 Å². The Morgan fingerprint density at radius 2 is 1.85 bits per heavy atom. The van der Waals surface area contributed by atoms with E-state index in [9.17, 15) is 0 Å². The van der Waals surface area contributed by atoms with Gasteiger partial charge < -0.3 is 5.73 Å². The van der Waals surface area contributed by atoms with Crippen molar-refractivity contribution < 1.29 is 0 Å². The summed E-state index contributed by atoms with van der Waals surface area (Å²) in [6.07, 6.45) is 7.31. The molecule has 0 aliphatic carbocycles. The van der Waals surface area contributed by atoms with Gasteiger partial charge in [0.2, 0.25) is 0 Å². The summed E-state index contributed by atoms with van der Waals surface area (Å²) in [7, 11) is 0. The van der Waals surface area contributed by atoms with Gasteiger partial charge in [-0.05, 0) is 36.1 Å². The van der Waals surface area contributed by atoms with Crippen LogP contribution in [0.25, 0.3) is 0 Å². The van der Waals surface area contributed by atoms with E-state index in [1.54, 1.807) is 0 Å². The maximum absolute atomic E-state index is 5.86. The molecule has 0 spiro atoms. The summed E-state index contributed by atoms with van der Waals surface area (Å²) in [6, 6.07) is 3.82. The molecule has 0 saturated carbocycles. The summed E-state index contributed by atoms with van der Waals surface area (Å²) in [5.74, 6) is 2.69. The zero-order valence-electron chi connectivity index (χ0n) is 8.22. The molecule has 0 aliphatic heterocycles. The molecule has 0 aromatic heterocycles. The van der Waals surface area contributed by atoms with Gasteiger partial charge in [-0.1, -0.05) is 19.8 Å². The molecule has 0 radical (unpaired) electrons. The maximum Gasteiger partial charge on any atom is 0.0350 e. The van der Waals surface area contributed by atoms with Gasteiger partial charge in [-0.15, -0.1) is 6.42 Å². The minimum atomic E-state index is 0.860. The van der Waals surface area contributed by atoms with Crippen molar-refractivity contribution >= 4 is 5.69 Å². The molecule has 13 heavy (non-hydrogen) atoms. The lowest BCUT2D eigenvalue weighted by atomic mass is 9.96. The highest BCUT2D eigenvalue weighted by molar-refractivity contribution is 5.57. The maximum atomic E-state index is 5.86. The number of hydrogen-bond donors (Lipinski definition) is 1. The monoisotopic (exact) mass is 173 g/mol. The zero-order valence-corrected chi connectivity index (χ0v) is 8.22. The third-order valence-electron chi connectivity index (χ3n) is 2.33. The molecule has 1 heteroatoms. The summed E-state index contributed by atoms with van der Waals surface area (Å²) in [5.41, 5.74) is 10.1. The minimum absolute atomic E-state index is 0.860. The lowest BCUT2D eigenvalue weighted by Gasteiger charge is -2.11. The molecular formula is C12H15N. The third kappa shape index (κ3) is 1.67. The van der Waals surface area contributed by atoms with Crippen LogP contribution < -0.4 is 5.73 Å². The molecule has 1 aromatic carbocycles. The Morgan fingerprint density at radius 3 is 2.31 bits per heavy atom. The first-order valence-electron chi connectivity index (χ1n) is 4.61. The fraction of sp³-hybridized carbons (Fsp3) is 0.333. The largest absolute Gasteiger partial charge is 0.398 e. The standard InChI is InChI=1S/C12H15N/c1-4-9-7-8-12(13)11(6-3)10(9)5-2/h1,7-8H,5-6,13H2,2-3H3. The second-order valence-electron chi connectivity index (χ2n) is 3.01. The second kappa shape index (κ2) is 4.00. The fourth-order valence-corrected chi connectivity index (χ4v) is 1.67. The van der Waals surface area contributed by atoms with Crippen LogP contribution in [0.4, 0.5) is 5.69 Å². The number of anilines is 1. The van der Waals surface area contributed by atoms with Crippen molar-refractivity contribution in [1.82, 2.24) is 0 Å². The van der Waals surface area contributed by atoms with Crippen LogP contribution in [0.5, 0.6) is 0 Å². The lowest BCUT2D eigenvalue weighted by molar-refractivity contribution is 1.04. The highest BCUT2D eigenvalue weighted by Crippen LogP contribution is 2.21. The SMILES string of the molecule is C#Cc1ccc(N)c(CC)c1CC. The molecule has 0 aliphatic rings. The van der Waals surface area contributed by atoms with E-state index in [1.807, 2.05) is 12.1 Å². The number of benzene rings is 1. The quantitative estimate of drug-likeness (QED) is 0.539. The van der Waals surface area contributed by atoms with Crippen LogP contribution in [0.15, 0.2) is 12.1 Å². The lowest BCUT2D eigenvalue weighted by Crippen LogP contribution is -2.00. The van der Waals surface area contributed by atoms with E-state index in [1.165, 1.54) is 11.1 Å². The number of rotatable bonds is 2. The number of terminal acetylenes is 1. The molecule has 1 nitrogen and oxygen atoms in total. The second-order valence-corrected chi connectivity index (χ2v) is 3.01. The van der Waals surface area contributed by atoms with Crippen LogP contribution in [-0.4, -0.2) is 0 Å². The van der Waals surface area contributed by atoms with Crippen molar-refractivity contribution in [3.63, 3.8) is 0 Å². The Balaban J connectivity index is 3.38. The van der Waals surface area contributed by atoms with Crippen molar-refractivity contribution in [1.29, 1.82) is 0 Å². The van der Waals surface area contributed by atoms with Crippen LogP contribution in [-0.2, 0) is 12.8 Å². The zero-order chi connectivity index (χ0) is 9.84. The van der Waals surface area contributed by atoms with Crippen LogP contribution >= 0.6 is 0 Å². The Labute approximate surface area is 80.0 Å². The van der Waals surface area contributed by atoms with E-state index >= 15 is 0 Å². The summed E-state index contributed by atoms with van der Waals surface area (Å²) >= 11 is 0. The van der Waals surface area contributed by atoms with Gasteiger partial charge in [-0.3, -0.25) is 0 Å². The summed E-state index contributed by atoms with van der Waals surface area (Å²) in [5, 5.41) is 0. The van der Waals surface area contributed by atoms with E-state index < -0.39 is 0 Å². The van der Waals surface area contributed by atoms with Crippen molar-refractivity contribution in [3.8, 4) is 12.3 Å². The summed E-state index contributed by atoms with van der Waals surface area (Å²) in [4.78, 5) is 0. The first-order valence-corrected chi connectivity index (χ1v) is 4.61. The van der Waals surface area contributed by atoms with Crippen molar-refractivity contribution in [2.75, 3.05) is 5.73 Å².